The van der Waals surface area contributed by atoms with E-state index in [2.05, 4.69) is 20.9 Å². The van der Waals surface area contributed by atoms with Crippen molar-refractivity contribution in [1.82, 2.24) is 0 Å². The largest absolute Gasteiger partial charge is 0.444 e. The van der Waals surface area contributed by atoms with Gasteiger partial charge in [0.05, 0.1) is 31.3 Å². The molecule has 0 aromatic carbocycles. The molecule has 0 radical (unpaired) electrons. The van der Waals surface area contributed by atoms with E-state index < -0.39 is 0 Å². The molecule has 4 atom stereocenters. The lowest BCUT2D eigenvalue weighted by atomic mass is 9.95. The van der Waals surface area contributed by atoms with Gasteiger partial charge < -0.3 is 19.7 Å². The molecule has 2 heterocycles. The van der Waals surface area contributed by atoms with Gasteiger partial charge in [0.15, 0.2) is 0 Å². The summed E-state index contributed by atoms with van der Waals surface area (Å²) < 4.78 is 1.22. The number of quaternary nitrogens is 1. The van der Waals surface area contributed by atoms with E-state index >= 15 is 0 Å². The molecule has 5 heteroatoms. The summed E-state index contributed by atoms with van der Waals surface area (Å²) in [5.41, 5.74) is 0. The van der Waals surface area contributed by atoms with Gasteiger partial charge in [-0.15, -0.1) is 5.34 Å². The number of rotatable bonds is 1. The maximum atomic E-state index is 9.69. The topological polar surface area (TPSA) is 72.7 Å². The molecule has 16 heavy (non-hydrogen) atoms. The minimum absolute atomic E-state index is 0.0116. The highest BCUT2D eigenvalue weighted by atomic mass is 16.6. The van der Waals surface area contributed by atoms with Gasteiger partial charge in [0, 0.05) is 25.7 Å². The number of fused-ring (bicyclic) bond motifs is 2. The third-order valence-corrected chi connectivity index (χ3v) is 4.61. The molecule has 94 valence electrons. The maximum absolute atomic E-state index is 9.69. The summed E-state index contributed by atoms with van der Waals surface area (Å²) in [4.78, 5) is 8.00. The molecule has 0 aliphatic carbocycles. The highest BCUT2D eigenvalue weighted by molar-refractivity contribution is 4.86. The summed E-state index contributed by atoms with van der Waals surface area (Å²) >= 11 is 0. The Morgan fingerprint density at radius 1 is 1.31 bits per heavy atom. The van der Waals surface area contributed by atoms with E-state index in [9.17, 15) is 5.11 Å². The second kappa shape index (κ2) is 5.10. The third kappa shape index (κ3) is 2.20. The Bertz CT molecular complexity index is 231. The highest BCUT2D eigenvalue weighted by Crippen LogP contribution is 2.42. The lowest BCUT2D eigenvalue weighted by molar-refractivity contribution is -0.968. The van der Waals surface area contributed by atoms with Crippen LogP contribution >= 0.6 is 0 Å². The van der Waals surface area contributed by atoms with Crippen LogP contribution in [0.1, 0.15) is 39.5 Å². The predicted octanol–water partition coefficient (Wildman–Crippen LogP) is 1.78. The Labute approximate surface area is 96.6 Å². The van der Waals surface area contributed by atoms with Gasteiger partial charge in [-0.25, -0.2) is 0 Å². The van der Waals surface area contributed by atoms with Crippen molar-refractivity contribution in [2.75, 3.05) is 7.05 Å². The van der Waals surface area contributed by atoms with Crippen molar-refractivity contribution in [2.45, 2.75) is 63.8 Å². The highest BCUT2D eigenvalue weighted by Gasteiger charge is 2.52. The van der Waals surface area contributed by atoms with Gasteiger partial charge in [-0.2, -0.15) is 0 Å². The molecule has 5 nitrogen and oxygen atoms in total. The molecule has 0 aromatic rings. The first kappa shape index (κ1) is 13.4. The van der Waals surface area contributed by atoms with Crippen molar-refractivity contribution in [3.63, 3.8) is 0 Å². The molecule has 2 fully saturated rings. The SMILES string of the molecule is CC(C)[N+]1(C)[C@@H]2CC[C@H]1C[C@@H](O)C2.O=N[O-]. The van der Waals surface area contributed by atoms with Crippen LogP contribution in [0.4, 0.5) is 0 Å². The monoisotopic (exact) mass is 230 g/mol. The average molecular weight is 230 g/mol. The minimum atomic E-state index is -0.0116. The second-order valence-electron chi connectivity index (χ2n) is 5.40. The lowest BCUT2D eigenvalue weighted by Gasteiger charge is -2.49. The zero-order valence-corrected chi connectivity index (χ0v) is 10.3. The molecular weight excluding hydrogens is 208 g/mol. The summed E-state index contributed by atoms with van der Waals surface area (Å²) in [6, 6.07) is 2.17. The number of hydrogen-bond donors (Lipinski definition) is 1. The molecule has 1 N–H and O–H groups in total. The Morgan fingerprint density at radius 2 is 1.69 bits per heavy atom. The van der Waals surface area contributed by atoms with Gasteiger partial charge in [-0.05, 0) is 13.8 Å². The molecule has 0 aromatic heterocycles. The molecule has 0 saturated carbocycles. The van der Waals surface area contributed by atoms with E-state index in [4.69, 9.17) is 10.1 Å². The fourth-order valence-corrected chi connectivity index (χ4v) is 3.50. The van der Waals surface area contributed by atoms with E-state index in [1.165, 1.54) is 17.3 Å². The fourth-order valence-electron chi connectivity index (χ4n) is 3.50. The van der Waals surface area contributed by atoms with Crippen molar-refractivity contribution < 1.29 is 9.59 Å². The first-order chi connectivity index (χ1) is 7.46. The third-order valence-electron chi connectivity index (χ3n) is 4.61. The number of aliphatic hydroxyl groups excluding tert-OH is 1. The molecule has 2 aliphatic rings. The van der Waals surface area contributed by atoms with Gasteiger partial charge in [-0.3, -0.25) is 0 Å². The van der Waals surface area contributed by atoms with Crippen molar-refractivity contribution in [2.24, 2.45) is 5.34 Å². The van der Waals surface area contributed by atoms with Crippen LogP contribution in [-0.2, 0) is 0 Å². The van der Waals surface area contributed by atoms with Gasteiger partial charge in [0.2, 0.25) is 0 Å². The van der Waals surface area contributed by atoms with Crippen molar-refractivity contribution >= 4 is 0 Å². The number of piperidine rings is 1. The normalized spacial score (nSPS) is 41.4. The van der Waals surface area contributed by atoms with E-state index in [0.717, 1.165) is 30.3 Å². The van der Waals surface area contributed by atoms with Crippen molar-refractivity contribution in [3.05, 3.63) is 10.1 Å². The molecule has 2 bridgehead atoms. The van der Waals surface area contributed by atoms with Crippen molar-refractivity contribution in [1.29, 1.82) is 0 Å². The van der Waals surface area contributed by atoms with Crippen LogP contribution in [0, 0.1) is 10.1 Å². The number of nitrogens with zero attached hydrogens (tertiary/aromatic N) is 2. The Hall–Kier alpha value is -0.680. The first-order valence-electron chi connectivity index (χ1n) is 5.95. The van der Waals surface area contributed by atoms with E-state index in [1.807, 2.05) is 0 Å². The van der Waals surface area contributed by atoms with Crippen LogP contribution in [0.15, 0.2) is 5.34 Å². The molecular formula is C11H22N2O3. The van der Waals surface area contributed by atoms with Crippen LogP contribution in [0.2, 0.25) is 0 Å². The Kier molecular flexibility index (Phi) is 4.27. The fraction of sp³-hybridized carbons (Fsp3) is 1.00. The predicted molar refractivity (Wildman–Crippen MR) is 62.5 cm³/mol. The quantitative estimate of drug-likeness (QED) is 0.424. The number of aliphatic hydroxyl groups is 1. The zero-order valence-electron chi connectivity index (χ0n) is 10.3. The summed E-state index contributed by atoms with van der Waals surface area (Å²) in [5, 5.41) is 18.7. The zero-order chi connectivity index (χ0) is 12.3. The summed E-state index contributed by atoms with van der Waals surface area (Å²) in [5.74, 6) is 0. The van der Waals surface area contributed by atoms with Crippen LogP contribution in [0.5, 0.6) is 0 Å². The smallest absolute Gasteiger partial charge is 0.0919 e. The summed E-state index contributed by atoms with van der Waals surface area (Å²) in [7, 11) is 2.39. The van der Waals surface area contributed by atoms with Gasteiger partial charge in [0.25, 0.3) is 0 Å². The average Bonchev–Trinajstić information content (AvgIpc) is 2.41. The standard InChI is InChI=1S/C11H22NO.HNO2/c1-8(2)12(3)9-4-5-10(12)7-11(13)6-9;2-1-3/h8-11,13H,4-7H2,1-3H3;(H,2,3)/q+1;/p-1/t9-,10+,11+,12?;. The Morgan fingerprint density at radius 3 is 2.00 bits per heavy atom. The molecule has 2 saturated heterocycles. The minimum Gasteiger partial charge on any atom is -0.444 e. The van der Waals surface area contributed by atoms with E-state index in [1.54, 1.807) is 0 Å². The van der Waals surface area contributed by atoms with Crippen LogP contribution in [-0.4, -0.2) is 40.9 Å². The molecule has 0 amide bonds. The first-order valence-corrected chi connectivity index (χ1v) is 5.95. The Balaban J connectivity index is 0.000000386. The van der Waals surface area contributed by atoms with Crippen molar-refractivity contribution in [3.8, 4) is 0 Å². The van der Waals surface area contributed by atoms with Crippen LogP contribution < -0.4 is 0 Å². The van der Waals surface area contributed by atoms with E-state index in [-0.39, 0.29) is 6.10 Å². The number of hydrogen-bond acceptors (Lipinski definition) is 4. The van der Waals surface area contributed by atoms with Crippen LogP contribution in [0.25, 0.3) is 0 Å². The van der Waals surface area contributed by atoms with Gasteiger partial charge in [-0.1, -0.05) is 0 Å². The molecule has 1 unspecified atom stereocenters. The van der Waals surface area contributed by atoms with Crippen LogP contribution in [0.3, 0.4) is 0 Å². The molecule has 2 rings (SSSR count). The molecule has 2 aliphatic heterocycles. The summed E-state index contributed by atoms with van der Waals surface area (Å²) in [6.07, 6.45) is 4.71. The molecule has 0 spiro atoms. The summed E-state index contributed by atoms with van der Waals surface area (Å²) in [6.45, 7) is 4.64. The second-order valence-corrected chi connectivity index (χ2v) is 5.40. The van der Waals surface area contributed by atoms with E-state index in [0.29, 0.717) is 6.04 Å². The maximum Gasteiger partial charge on any atom is 0.0919 e. The van der Waals surface area contributed by atoms with Gasteiger partial charge >= 0.3 is 0 Å². The lowest BCUT2D eigenvalue weighted by Crippen LogP contribution is -2.62. The van der Waals surface area contributed by atoms with Gasteiger partial charge in [0.1, 0.15) is 0 Å².